The van der Waals surface area contributed by atoms with E-state index in [0.29, 0.717) is 25.7 Å². The average molecular weight is 741 g/mol. The molecule has 8 N–H and O–H groups in total. The summed E-state index contributed by atoms with van der Waals surface area (Å²) >= 11 is 0. The molecule has 15 nitrogen and oxygen atoms in total. The molecule has 1 saturated heterocycles. The van der Waals surface area contributed by atoms with Crippen LogP contribution in [0.3, 0.4) is 0 Å². The highest BCUT2D eigenvalue weighted by Gasteiger charge is 2.39. The van der Waals surface area contributed by atoms with Gasteiger partial charge in [0.15, 0.2) is 0 Å². The lowest BCUT2D eigenvalue weighted by Gasteiger charge is -2.36. The first kappa shape index (κ1) is 45.3. The van der Waals surface area contributed by atoms with E-state index >= 15 is 0 Å². The molecule has 1 aliphatic carbocycles. The van der Waals surface area contributed by atoms with Gasteiger partial charge >= 0.3 is 0 Å². The number of likely N-dealkylation sites (N-methyl/N-ethyl adjacent to an activating group) is 1. The van der Waals surface area contributed by atoms with Crippen LogP contribution in [-0.4, -0.2) is 127 Å². The number of hydrogen-bond donors (Lipinski definition) is 7. The summed E-state index contributed by atoms with van der Waals surface area (Å²) in [6, 6.07) is -4.88. The zero-order chi connectivity index (χ0) is 38.8. The van der Waals surface area contributed by atoms with Gasteiger partial charge in [0, 0.05) is 19.6 Å². The highest BCUT2D eigenvalue weighted by atomic mass is 16.5. The minimum atomic E-state index is -1.25. The third-order valence-electron chi connectivity index (χ3n) is 10.1. The molecule has 52 heavy (non-hydrogen) atoms. The van der Waals surface area contributed by atoms with E-state index in [1.54, 1.807) is 20.9 Å². The molecule has 1 aliphatic heterocycles. The molecular weight excluding hydrogens is 672 g/mol. The average Bonchev–Trinajstić information content (AvgIpc) is 3.12. The molecule has 1 heterocycles. The summed E-state index contributed by atoms with van der Waals surface area (Å²) in [7, 11) is 1.62. The molecule has 0 aromatic heterocycles. The van der Waals surface area contributed by atoms with E-state index in [1.165, 1.54) is 4.90 Å². The molecular formula is C37H68N6O9. The normalized spacial score (nSPS) is 29.0. The molecule has 0 bridgehead atoms. The van der Waals surface area contributed by atoms with Gasteiger partial charge in [-0.2, -0.15) is 0 Å². The number of hydrogen-bond acceptors (Lipinski definition) is 10. The van der Waals surface area contributed by atoms with Crippen LogP contribution in [-0.2, 0) is 33.4 Å². The van der Waals surface area contributed by atoms with Crippen molar-refractivity contribution in [2.24, 2.45) is 23.5 Å². The second kappa shape index (κ2) is 23.7. The van der Waals surface area contributed by atoms with Crippen molar-refractivity contribution in [3.8, 4) is 0 Å². The Labute approximate surface area is 310 Å². The van der Waals surface area contributed by atoms with Crippen LogP contribution in [0.15, 0.2) is 0 Å². The lowest BCUT2D eigenvalue weighted by atomic mass is 9.83. The van der Waals surface area contributed by atoms with Crippen molar-refractivity contribution in [3.05, 3.63) is 0 Å². The van der Waals surface area contributed by atoms with Crippen LogP contribution in [0.25, 0.3) is 0 Å². The van der Waals surface area contributed by atoms with Gasteiger partial charge in [-0.15, -0.1) is 0 Å². The number of rotatable bonds is 14. The molecule has 300 valence electrons. The summed E-state index contributed by atoms with van der Waals surface area (Å²) in [6.07, 6.45) is 7.38. The van der Waals surface area contributed by atoms with Crippen molar-refractivity contribution in [1.29, 1.82) is 0 Å². The Bertz CT molecular complexity index is 1120. The van der Waals surface area contributed by atoms with Crippen molar-refractivity contribution in [3.63, 3.8) is 0 Å². The number of carbonyl (C=O) groups excluding carboxylic acids is 5. The maximum Gasteiger partial charge on any atom is 0.245 e. The van der Waals surface area contributed by atoms with Gasteiger partial charge < -0.3 is 51.6 Å². The number of amides is 5. The van der Waals surface area contributed by atoms with Crippen molar-refractivity contribution in [1.82, 2.24) is 26.2 Å². The van der Waals surface area contributed by atoms with Crippen LogP contribution in [0, 0.1) is 17.8 Å². The van der Waals surface area contributed by atoms with Crippen LogP contribution in [0.1, 0.15) is 105 Å². The van der Waals surface area contributed by atoms with Crippen LogP contribution >= 0.6 is 0 Å². The Balaban J connectivity index is 2.54. The zero-order valence-corrected chi connectivity index (χ0v) is 32.4. The second-order valence-corrected chi connectivity index (χ2v) is 15.1. The molecule has 0 aromatic carbocycles. The first-order valence-electron chi connectivity index (χ1n) is 19.4. The monoisotopic (exact) mass is 741 g/mol. The standard InChI is InChI=1S/C37H68N6O9/c1-7-8-9-13-16-31-25(5)37(50)43(6)30(17-23(2)3)35(48)42-32(26-14-11-10-12-15-26)36(49)40-28(18-38)33(46)41-29(22-51-21-27(45)19-44)34(47)39-24(4)20-52-31/h23-32,44-45H,7-22,38H2,1-6H3,(H,39,47)(H,40,49)(H,41,46)(H,42,48)/t24-,25-,27+,28+,29+,30+,31-,32+/m1/s1. The number of unbranched alkanes of at least 4 members (excludes halogenated alkanes) is 3. The predicted octanol–water partition coefficient (Wildman–Crippen LogP) is 0.733. The summed E-state index contributed by atoms with van der Waals surface area (Å²) < 4.78 is 11.8. The van der Waals surface area contributed by atoms with Gasteiger partial charge in [-0.3, -0.25) is 24.0 Å². The summed E-state index contributed by atoms with van der Waals surface area (Å²) in [4.78, 5) is 70.9. The highest BCUT2D eigenvalue weighted by Crippen LogP contribution is 2.28. The number of carbonyl (C=O) groups is 5. The van der Waals surface area contributed by atoms with Crippen LogP contribution in [0.4, 0.5) is 0 Å². The molecule has 0 spiro atoms. The van der Waals surface area contributed by atoms with E-state index in [-0.39, 0.29) is 44.1 Å². The van der Waals surface area contributed by atoms with Gasteiger partial charge in [0.1, 0.15) is 30.3 Å². The second-order valence-electron chi connectivity index (χ2n) is 15.1. The van der Waals surface area contributed by atoms with Crippen LogP contribution < -0.4 is 27.0 Å². The van der Waals surface area contributed by atoms with E-state index in [4.69, 9.17) is 15.2 Å². The number of ether oxygens (including phenoxy) is 2. The topological polar surface area (TPSA) is 222 Å². The van der Waals surface area contributed by atoms with E-state index in [2.05, 4.69) is 28.2 Å². The lowest BCUT2D eigenvalue weighted by molar-refractivity contribution is -0.147. The maximum absolute atomic E-state index is 14.2. The quantitative estimate of drug-likeness (QED) is 0.124. The molecule has 1 saturated carbocycles. The van der Waals surface area contributed by atoms with Gasteiger partial charge in [-0.05, 0) is 44.4 Å². The van der Waals surface area contributed by atoms with Gasteiger partial charge in [0.25, 0.3) is 0 Å². The highest BCUT2D eigenvalue weighted by molar-refractivity contribution is 5.96. The number of nitrogens with zero attached hydrogens (tertiary/aromatic N) is 1. The Morgan fingerprint density at radius 1 is 0.904 bits per heavy atom. The summed E-state index contributed by atoms with van der Waals surface area (Å²) in [5.41, 5.74) is 5.98. The lowest BCUT2D eigenvalue weighted by Crippen LogP contribution is -2.62. The summed E-state index contributed by atoms with van der Waals surface area (Å²) in [6.45, 7) is 8.20. The zero-order valence-electron chi connectivity index (χ0n) is 32.4. The van der Waals surface area contributed by atoms with E-state index < -0.39 is 78.6 Å². The first-order valence-corrected chi connectivity index (χ1v) is 19.4. The number of aliphatic hydroxyl groups excluding tert-OH is 2. The molecule has 0 unspecified atom stereocenters. The van der Waals surface area contributed by atoms with Crippen molar-refractivity contribution >= 4 is 29.5 Å². The van der Waals surface area contributed by atoms with E-state index in [9.17, 15) is 34.2 Å². The summed E-state index contributed by atoms with van der Waals surface area (Å²) in [5, 5.41) is 30.1. The Kier molecular flexibility index (Phi) is 20.7. The van der Waals surface area contributed by atoms with Crippen molar-refractivity contribution < 1.29 is 43.7 Å². The molecule has 2 fully saturated rings. The van der Waals surface area contributed by atoms with Gasteiger partial charge in [-0.1, -0.05) is 72.6 Å². The van der Waals surface area contributed by atoms with Crippen molar-refractivity contribution in [2.45, 2.75) is 148 Å². The van der Waals surface area contributed by atoms with Gasteiger partial charge in [0.05, 0.1) is 38.4 Å². The fraction of sp³-hybridized carbons (Fsp3) is 0.865. The molecule has 8 atom stereocenters. The third kappa shape index (κ3) is 14.9. The minimum absolute atomic E-state index is 0.0598. The molecule has 2 aliphatic rings. The van der Waals surface area contributed by atoms with Gasteiger partial charge in [0.2, 0.25) is 29.5 Å². The number of nitrogens with one attached hydrogen (secondary N) is 4. The molecule has 0 radical (unpaired) electrons. The fourth-order valence-corrected chi connectivity index (χ4v) is 6.86. The predicted molar refractivity (Wildman–Crippen MR) is 197 cm³/mol. The number of aliphatic hydroxyl groups is 2. The molecule has 5 amide bonds. The maximum atomic E-state index is 14.2. The Hall–Kier alpha value is -2.85. The van der Waals surface area contributed by atoms with E-state index in [0.717, 1.165) is 44.9 Å². The van der Waals surface area contributed by atoms with Crippen LogP contribution in [0.5, 0.6) is 0 Å². The molecule has 15 heteroatoms. The van der Waals surface area contributed by atoms with Crippen LogP contribution in [0.2, 0.25) is 0 Å². The Morgan fingerprint density at radius 3 is 2.17 bits per heavy atom. The largest absolute Gasteiger partial charge is 0.394 e. The third-order valence-corrected chi connectivity index (χ3v) is 10.1. The SMILES string of the molecule is CCCCCC[C@H]1OC[C@@H](C)NC(=O)[C@H](COC[C@@H](O)CO)NC(=O)[C@H](CN)NC(=O)[C@H](C2CCCCC2)NC(=O)[C@H](CC(C)C)N(C)C(=O)[C@@H]1C. The fourth-order valence-electron chi connectivity index (χ4n) is 6.86. The number of nitrogens with two attached hydrogens (primary N) is 1. The Morgan fingerprint density at radius 2 is 1.56 bits per heavy atom. The summed E-state index contributed by atoms with van der Waals surface area (Å²) in [5.74, 6) is -3.36. The minimum Gasteiger partial charge on any atom is -0.394 e. The molecule has 2 rings (SSSR count). The van der Waals surface area contributed by atoms with Gasteiger partial charge in [-0.25, -0.2) is 0 Å². The smallest absolute Gasteiger partial charge is 0.245 e. The van der Waals surface area contributed by atoms with E-state index in [1.807, 2.05) is 13.8 Å². The first-order chi connectivity index (χ1) is 24.7. The molecule has 0 aromatic rings. The van der Waals surface area contributed by atoms with Crippen molar-refractivity contribution in [2.75, 3.05) is 40.0 Å².